The number of H-pyrrole nitrogens is 1. The van der Waals surface area contributed by atoms with Crippen molar-refractivity contribution in [1.29, 1.82) is 0 Å². The van der Waals surface area contributed by atoms with Gasteiger partial charge in [-0.1, -0.05) is 11.8 Å². The summed E-state index contributed by atoms with van der Waals surface area (Å²) in [5.74, 6) is 1.49. The van der Waals surface area contributed by atoms with Crippen molar-refractivity contribution in [1.82, 2.24) is 15.2 Å². The smallest absolute Gasteiger partial charge is 0.311 e. The number of anilines is 1. The van der Waals surface area contributed by atoms with Gasteiger partial charge in [0.15, 0.2) is 11.6 Å². The molecule has 0 saturated carbocycles. The van der Waals surface area contributed by atoms with Crippen molar-refractivity contribution >= 4 is 29.0 Å². The highest BCUT2D eigenvalue weighted by molar-refractivity contribution is 7.99. The third-order valence-electron chi connectivity index (χ3n) is 4.08. The van der Waals surface area contributed by atoms with E-state index >= 15 is 0 Å². The van der Waals surface area contributed by atoms with Crippen LogP contribution in [0.4, 0.5) is 11.4 Å². The maximum Gasteiger partial charge on any atom is 0.311 e. The number of aromatic amines is 1. The van der Waals surface area contributed by atoms with E-state index in [0.29, 0.717) is 28.2 Å². The maximum absolute atomic E-state index is 12.2. The average Bonchev–Trinajstić information content (AvgIpc) is 3.26. The van der Waals surface area contributed by atoms with Crippen LogP contribution in [-0.2, 0) is 4.79 Å². The van der Waals surface area contributed by atoms with Crippen molar-refractivity contribution in [3.05, 3.63) is 46.5 Å². The molecule has 1 amide bonds. The zero-order valence-corrected chi connectivity index (χ0v) is 17.7. The fourth-order valence-corrected chi connectivity index (χ4v) is 3.22. The van der Waals surface area contributed by atoms with E-state index in [9.17, 15) is 14.9 Å². The van der Waals surface area contributed by atoms with Crippen molar-refractivity contribution in [3.8, 4) is 28.6 Å². The number of nitrogens with one attached hydrogen (secondary N) is 2. The van der Waals surface area contributed by atoms with Crippen LogP contribution in [-0.4, -0.2) is 53.1 Å². The first-order valence-corrected chi connectivity index (χ1v) is 9.83. The Morgan fingerprint density at radius 1 is 1.13 bits per heavy atom. The summed E-state index contributed by atoms with van der Waals surface area (Å²) in [6.07, 6.45) is 0. The Morgan fingerprint density at radius 2 is 1.84 bits per heavy atom. The van der Waals surface area contributed by atoms with E-state index in [1.54, 1.807) is 32.4 Å². The van der Waals surface area contributed by atoms with Crippen molar-refractivity contribution in [3.63, 3.8) is 0 Å². The molecule has 0 saturated heterocycles. The van der Waals surface area contributed by atoms with Gasteiger partial charge in [0.05, 0.1) is 32.0 Å². The van der Waals surface area contributed by atoms with E-state index in [0.717, 1.165) is 17.3 Å². The number of methoxy groups -OCH3 is 3. The lowest BCUT2D eigenvalue weighted by Gasteiger charge is -2.07. The average molecular weight is 445 g/mol. The Balaban J connectivity index is 1.63. The number of hydrogen-bond donors (Lipinski definition) is 2. The molecule has 0 aliphatic carbocycles. The summed E-state index contributed by atoms with van der Waals surface area (Å²) in [4.78, 5) is 27.0. The summed E-state index contributed by atoms with van der Waals surface area (Å²) < 4.78 is 15.5. The monoisotopic (exact) mass is 445 g/mol. The van der Waals surface area contributed by atoms with E-state index in [1.165, 1.54) is 25.3 Å². The second-order valence-corrected chi connectivity index (χ2v) is 6.99. The molecule has 1 heterocycles. The van der Waals surface area contributed by atoms with Crippen molar-refractivity contribution in [2.75, 3.05) is 32.4 Å². The standard InChI is InChI=1S/C19H19N5O6S/c1-28-13-6-11(7-14(9-13)29-2)18-21-19(23-22-18)31-10-17(25)20-12-4-5-15(24(26)27)16(8-12)30-3/h4-9H,10H2,1-3H3,(H,20,25)(H,21,22,23). The molecule has 162 valence electrons. The second-order valence-electron chi connectivity index (χ2n) is 6.05. The highest BCUT2D eigenvalue weighted by Gasteiger charge is 2.16. The number of thioether (sulfide) groups is 1. The Morgan fingerprint density at radius 3 is 2.45 bits per heavy atom. The molecule has 3 aromatic rings. The molecule has 0 bridgehead atoms. The first-order chi connectivity index (χ1) is 14.9. The first-order valence-electron chi connectivity index (χ1n) is 8.84. The zero-order valence-electron chi connectivity index (χ0n) is 16.9. The molecule has 11 nitrogen and oxygen atoms in total. The van der Waals surface area contributed by atoms with E-state index in [4.69, 9.17) is 14.2 Å². The maximum atomic E-state index is 12.2. The molecular weight excluding hydrogens is 426 g/mol. The topological polar surface area (TPSA) is 142 Å². The summed E-state index contributed by atoms with van der Waals surface area (Å²) in [5, 5.41) is 20.9. The Labute approximate surface area is 181 Å². The SMILES string of the molecule is COc1cc(OC)cc(-c2nc(SCC(=O)Nc3ccc([N+](=O)[O-])c(OC)c3)n[nH]2)c1. The van der Waals surface area contributed by atoms with Gasteiger partial charge >= 0.3 is 5.69 Å². The summed E-state index contributed by atoms with van der Waals surface area (Å²) in [6.45, 7) is 0. The van der Waals surface area contributed by atoms with Gasteiger partial charge < -0.3 is 19.5 Å². The van der Waals surface area contributed by atoms with Crippen LogP contribution >= 0.6 is 11.8 Å². The summed E-state index contributed by atoms with van der Waals surface area (Å²) in [6, 6.07) is 9.41. The predicted molar refractivity (Wildman–Crippen MR) is 114 cm³/mol. The summed E-state index contributed by atoms with van der Waals surface area (Å²) in [5.41, 5.74) is 0.919. The van der Waals surface area contributed by atoms with Gasteiger partial charge in [-0.2, -0.15) is 0 Å². The van der Waals surface area contributed by atoms with Gasteiger partial charge in [-0.3, -0.25) is 20.0 Å². The number of carbonyl (C=O) groups excluding carboxylic acids is 1. The molecule has 12 heteroatoms. The third-order valence-corrected chi connectivity index (χ3v) is 4.93. The number of nitrogens with zero attached hydrogens (tertiary/aromatic N) is 3. The Kier molecular flexibility index (Phi) is 6.92. The van der Waals surface area contributed by atoms with Crippen LogP contribution in [0.5, 0.6) is 17.2 Å². The van der Waals surface area contributed by atoms with Crippen LogP contribution in [0, 0.1) is 10.1 Å². The number of carbonyl (C=O) groups is 1. The van der Waals surface area contributed by atoms with Gasteiger partial charge in [0.2, 0.25) is 11.1 Å². The molecule has 0 fully saturated rings. The Hall–Kier alpha value is -3.80. The molecule has 3 rings (SSSR count). The minimum Gasteiger partial charge on any atom is -0.497 e. The number of amides is 1. The number of aromatic nitrogens is 3. The van der Waals surface area contributed by atoms with Crippen molar-refractivity contribution < 1.29 is 23.9 Å². The predicted octanol–water partition coefficient (Wildman–Crippen LogP) is 3.14. The van der Waals surface area contributed by atoms with Gasteiger partial charge in [-0.05, 0) is 18.2 Å². The number of nitro groups is 1. The molecule has 2 aromatic carbocycles. The molecule has 0 radical (unpaired) electrons. The lowest BCUT2D eigenvalue weighted by molar-refractivity contribution is -0.385. The molecule has 0 unspecified atom stereocenters. The minimum absolute atomic E-state index is 0.0397. The lowest BCUT2D eigenvalue weighted by Crippen LogP contribution is -2.14. The molecule has 0 spiro atoms. The molecule has 0 aliphatic rings. The van der Waals surface area contributed by atoms with Gasteiger partial charge in [0.1, 0.15) is 11.5 Å². The van der Waals surface area contributed by atoms with Gasteiger partial charge in [0, 0.05) is 29.4 Å². The van der Waals surface area contributed by atoms with Crippen LogP contribution in [0.3, 0.4) is 0 Å². The molecule has 31 heavy (non-hydrogen) atoms. The molecule has 0 atom stereocenters. The molecule has 2 N–H and O–H groups in total. The van der Waals surface area contributed by atoms with Crippen LogP contribution in [0.25, 0.3) is 11.4 Å². The molecule has 1 aromatic heterocycles. The highest BCUT2D eigenvalue weighted by atomic mass is 32.2. The van der Waals surface area contributed by atoms with Crippen LogP contribution < -0.4 is 19.5 Å². The van der Waals surface area contributed by atoms with Crippen LogP contribution in [0.2, 0.25) is 0 Å². The molecular formula is C19H19N5O6S. The summed E-state index contributed by atoms with van der Waals surface area (Å²) >= 11 is 1.13. The third kappa shape index (κ3) is 5.42. The number of benzene rings is 2. The first kappa shape index (κ1) is 21.9. The number of nitro benzene ring substituents is 1. The lowest BCUT2D eigenvalue weighted by atomic mass is 10.2. The van der Waals surface area contributed by atoms with Gasteiger partial charge in [-0.25, -0.2) is 4.98 Å². The normalized spacial score (nSPS) is 10.4. The highest BCUT2D eigenvalue weighted by Crippen LogP contribution is 2.30. The van der Waals surface area contributed by atoms with Crippen molar-refractivity contribution in [2.45, 2.75) is 5.16 Å². The van der Waals surface area contributed by atoms with Crippen molar-refractivity contribution in [2.24, 2.45) is 0 Å². The van der Waals surface area contributed by atoms with Gasteiger partial charge in [-0.15, -0.1) is 5.10 Å². The van der Waals surface area contributed by atoms with E-state index in [-0.39, 0.29) is 23.1 Å². The quantitative estimate of drug-likeness (QED) is 0.288. The number of ether oxygens (including phenoxy) is 3. The molecule has 0 aliphatic heterocycles. The van der Waals surface area contributed by atoms with E-state index < -0.39 is 4.92 Å². The van der Waals surface area contributed by atoms with Crippen LogP contribution in [0.15, 0.2) is 41.6 Å². The fraction of sp³-hybridized carbons (Fsp3) is 0.211. The zero-order chi connectivity index (χ0) is 22.4. The largest absolute Gasteiger partial charge is 0.497 e. The van der Waals surface area contributed by atoms with E-state index in [2.05, 4.69) is 20.5 Å². The second kappa shape index (κ2) is 9.80. The van der Waals surface area contributed by atoms with Crippen LogP contribution in [0.1, 0.15) is 0 Å². The Bertz CT molecular complexity index is 1080. The van der Waals surface area contributed by atoms with Gasteiger partial charge in [0.25, 0.3) is 0 Å². The minimum atomic E-state index is -0.557. The number of hydrogen-bond acceptors (Lipinski definition) is 9. The van der Waals surface area contributed by atoms with E-state index in [1.807, 2.05) is 0 Å². The summed E-state index contributed by atoms with van der Waals surface area (Å²) in [7, 11) is 4.43. The fourth-order valence-electron chi connectivity index (χ4n) is 2.62. The number of rotatable bonds is 9.